The molecule has 1 amide bonds. The lowest BCUT2D eigenvalue weighted by molar-refractivity contribution is -0.116. The number of anilines is 2. The molecular formula is C28H27FN4O5S. The highest BCUT2D eigenvalue weighted by Crippen LogP contribution is 2.27. The van der Waals surface area contributed by atoms with Crippen LogP contribution in [0.25, 0.3) is 10.8 Å². The monoisotopic (exact) mass is 550 g/mol. The first-order valence-corrected chi connectivity index (χ1v) is 13.8. The van der Waals surface area contributed by atoms with Crippen molar-refractivity contribution in [1.29, 1.82) is 0 Å². The van der Waals surface area contributed by atoms with Crippen LogP contribution in [0.4, 0.5) is 15.8 Å². The van der Waals surface area contributed by atoms with Crippen LogP contribution in [0.15, 0.2) is 88.7 Å². The van der Waals surface area contributed by atoms with E-state index in [-0.39, 0.29) is 41.1 Å². The topological polar surface area (TPSA) is 101 Å². The molecule has 2 heterocycles. The van der Waals surface area contributed by atoms with E-state index in [0.29, 0.717) is 30.2 Å². The molecule has 11 heteroatoms. The number of para-hydroxylation sites is 1. The minimum Gasteiger partial charge on any atom is -0.497 e. The second kappa shape index (κ2) is 10.9. The lowest BCUT2D eigenvalue weighted by Gasteiger charge is -2.35. The highest BCUT2D eigenvalue weighted by Gasteiger charge is 2.31. The van der Waals surface area contributed by atoms with Crippen LogP contribution in [0, 0.1) is 5.82 Å². The predicted molar refractivity (Wildman–Crippen MR) is 147 cm³/mol. The molecule has 1 aliphatic rings. The van der Waals surface area contributed by atoms with E-state index in [1.165, 1.54) is 23.7 Å². The molecule has 1 N–H and O–H groups in total. The van der Waals surface area contributed by atoms with Crippen molar-refractivity contribution >= 4 is 38.1 Å². The number of hydrogen-bond acceptors (Lipinski definition) is 6. The van der Waals surface area contributed by atoms with E-state index < -0.39 is 21.5 Å². The van der Waals surface area contributed by atoms with Gasteiger partial charge in [0.15, 0.2) is 0 Å². The fraction of sp³-hybridized carbons (Fsp3) is 0.214. The normalized spacial score (nSPS) is 14.4. The van der Waals surface area contributed by atoms with Gasteiger partial charge in [0.2, 0.25) is 15.9 Å². The molecule has 1 aliphatic heterocycles. The van der Waals surface area contributed by atoms with Crippen molar-refractivity contribution in [1.82, 2.24) is 8.87 Å². The summed E-state index contributed by atoms with van der Waals surface area (Å²) in [7, 11) is -2.53. The number of rotatable bonds is 7. The van der Waals surface area contributed by atoms with Crippen molar-refractivity contribution in [2.75, 3.05) is 43.5 Å². The molecule has 3 aromatic carbocycles. The number of carbonyl (C=O) groups is 1. The molecule has 0 unspecified atom stereocenters. The maximum absolute atomic E-state index is 14.3. The number of amides is 1. The summed E-state index contributed by atoms with van der Waals surface area (Å²) >= 11 is 0. The van der Waals surface area contributed by atoms with E-state index in [0.717, 1.165) is 4.57 Å². The summed E-state index contributed by atoms with van der Waals surface area (Å²) in [4.78, 5) is 27.8. The first kappa shape index (κ1) is 26.4. The average molecular weight is 551 g/mol. The van der Waals surface area contributed by atoms with Crippen molar-refractivity contribution in [3.05, 3.63) is 95.2 Å². The molecule has 4 aromatic rings. The van der Waals surface area contributed by atoms with Crippen molar-refractivity contribution in [2.45, 2.75) is 11.4 Å². The number of nitrogens with one attached hydrogen (secondary N) is 1. The van der Waals surface area contributed by atoms with Gasteiger partial charge >= 0.3 is 0 Å². The Bertz CT molecular complexity index is 1700. The summed E-state index contributed by atoms with van der Waals surface area (Å²) < 4.78 is 49.5. The summed E-state index contributed by atoms with van der Waals surface area (Å²) in [6, 6.07) is 19.6. The maximum Gasteiger partial charge on any atom is 0.258 e. The van der Waals surface area contributed by atoms with Gasteiger partial charge in [0.1, 0.15) is 23.0 Å². The first-order chi connectivity index (χ1) is 18.8. The number of ether oxygens (including phenoxy) is 1. The molecule has 9 nitrogen and oxygen atoms in total. The molecule has 0 bridgehead atoms. The SMILES string of the molecule is COc1cccc(NC(=O)Cn2cc(S(=O)(=O)N3CCN(c4ccccc4F)CC3)c3ccccc3c2=O)c1. The summed E-state index contributed by atoms with van der Waals surface area (Å²) in [5.74, 6) is -0.305. The molecule has 0 radical (unpaired) electrons. The molecule has 1 aromatic heterocycles. The van der Waals surface area contributed by atoms with Gasteiger partial charge in [-0.1, -0.05) is 36.4 Å². The van der Waals surface area contributed by atoms with Gasteiger partial charge in [-0.25, -0.2) is 12.8 Å². The van der Waals surface area contributed by atoms with Crippen molar-refractivity contribution < 1.29 is 22.3 Å². The van der Waals surface area contributed by atoms with Crippen LogP contribution in [0.2, 0.25) is 0 Å². The summed E-state index contributed by atoms with van der Waals surface area (Å²) in [5, 5.41) is 3.19. The van der Waals surface area contributed by atoms with Crippen molar-refractivity contribution in [3.8, 4) is 5.75 Å². The molecule has 0 saturated carbocycles. The number of methoxy groups -OCH3 is 1. The smallest absolute Gasteiger partial charge is 0.258 e. The van der Waals surface area contributed by atoms with E-state index in [2.05, 4.69) is 5.32 Å². The zero-order valence-corrected chi connectivity index (χ0v) is 22.0. The molecule has 0 aliphatic carbocycles. The number of fused-ring (bicyclic) bond motifs is 1. The second-order valence-electron chi connectivity index (χ2n) is 9.09. The first-order valence-electron chi connectivity index (χ1n) is 12.3. The highest BCUT2D eigenvalue weighted by atomic mass is 32.2. The number of benzene rings is 3. The van der Waals surface area contributed by atoms with Crippen LogP contribution in [-0.2, 0) is 21.4 Å². The maximum atomic E-state index is 14.3. The minimum absolute atomic E-state index is 0.0637. The van der Waals surface area contributed by atoms with E-state index in [9.17, 15) is 22.4 Å². The van der Waals surface area contributed by atoms with Gasteiger partial charge in [0.25, 0.3) is 5.56 Å². The third-order valence-corrected chi connectivity index (χ3v) is 8.60. The van der Waals surface area contributed by atoms with Crippen molar-refractivity contribution in [2.24, 2.45) is 0 Å². The third-order valence-electron chi connectivity index (χ3n) is 6.67. The number of aromatic nitrogens is 1. The van der Waals surface area contributed by atoms with Crippen molar-refractivity contribution in [3.63, 3.8) is 0 Å². The Hall–Kier alpha value is -4.22. The minimum atomic E-state index is -4.04. The van der Waals surface area contributed by atoms with Crippen LogP contribution < -0.4 is 20.5 Å². The lowest BCUT2D eigenvalue weighted by atomic mass is 10.2. The van der Waals surface area contributed by atoms with Crippen LogP contribution in [0.5, 0.6) is 5.75 Å². The summed E-state index contributed by atoms with van der Waals surface area (Å²) in [6.45, 7) is 0.507. The molecule has 1 saturated heterocycles. The Balaban J connectivity index is 1.43. The van der Waals surface area contributed by atoms with Crippen LogP contribution in [0.1, 0.15) is 0 Å². The lowest BCUT2D eigenvalue weighted by Crippen LogP contribution is -2.49. The standard InChI is InChI=1S/C28H27FN4O5S/c1-38-21-8-6-7-20(17-21)30-27(34)19-32-18-26(22-9-2-3-10-23(22)28(32)35)39(36,37)33-15-13-31(14-16-33)25-12-5-4-11-24(25)29/h2-12,17-18H,13-16,19H2,1H3,(H,30,34). The molecule has 1 fully saturated rings. The number of piperazine rings is 1. The van der Waals surface area contributed by atoms with Gasteiger partial charge in [0, 0.05) is 54.9 Å². The summed E-state index contributed by atoms with van der Waals surface area (Å²) in [6.07, 6.45) is 1.23. The summed E-state index contributed by atoms with van der Waals surface area (Å²) in [5.41, 5.74) is 0.430. The van der Waals surface area contributed by atoms with E-state index in [1.807, 2.05) is 4.90 Å². The molecule has 202 valence electrons. The third kappa shape index (κ3) is 5.36. The second-order valence-corrected chi connectivity index (χ2v) is 11.0. The van der Waals surface area contributed by atoms with E-state index >= 15 is 0 Å². The highest BCUT2D eigenvalue weighted by molar-refractivity contribution is 7.89. The number of sulfonamides is 1. The van der Waals surface area contributed by atoms with Gasteiger partial charge in [-0.05, 0) is 30.3 Å². The van der Waals surface area contributed by atoms with Gasteiger partial charge in [-0.3, -0.25) is 9.59 Å². The quantitative estimate of drug-likeness (QED) is 0.379. The molecule has 39 heavy (non-hydrogen) atoms. The Morgan fingerprint density at radius 3 is 2.36 bits per heavy atom. The fourth-order valence-corrected chi connectivity index (χ4v) is 6.34. The number of hydrogen-bond donors (Lipinski definition) is 1. The predicted octanol–water partition coefficient (Wildman–Crippen LogP) is 3.30. The zero-order chi connectivity index (χ0) is 27.6. The van der Waals surface area contributed by atoms with E-state index in [4.69, 9.17) is 4.74 Å². The van der Waals surface area contributed by atoms with Gasteiger partial charge in [0.05, 0.1) is 12.8 Å². The van der Waals surface area contributed by atoms with Crippen LogP contribution >= 0.6 is 0 Å². The Morgan fingerprint density at radius 1 is 0.949 bits per heavy atom. The van der Waals surface area contributed by atoms with Gasteiger partial charge < -0.3 is 19.5 Å². The van der Waals surface area contributed by atoms with Crippen LogP contribution in [0.3, 0.4) is 0 Å². The average Bonchev–Trinajstić information content (AvgIpc) is 2.95. The Morgan fingerprint density at radius 2 is 1.64 bits per heavy atom. The molecular weight excluding hydrogens is 523 g/mol. The number of pyridine rings is 1. The van der Waals surface area contributed by atoms with Gasteiger partial charge in [-0.15, -0.1) is 0 Å². The zero-order valence-electron chi connectivity index (χ0n) is 21.2. The fourth-order valence-electron chi connectivity index (χ4n) is 4.70. The Kier molecular flexibility index (Phi) is 7.36. The number of carbonyl (C=O) groups excluding carboxylic acids is 1. The molecule has 5 rings (SSSR count). The molecule has 0 spiro atoms. The molecule has 0 atom stereocenters. The van der Waals surface area contributed by atoms with E-state index in [1.54, 1.807) is 66.7 Å². The number of halogens is 1. The van der Waals surface area contributed by atoms with Crippen LogP contribution in [-0.4, -0.2) is 56.5 Å². The largest absolute Gasteiger partial charge is 0.497 e. The number of nitrogens with zero attached hydrogens (tertiary/aromatic N) is 3. The van der Waals surface area contributed by atoms with Gasteiger partial charge in [-0.2, -0.15) is 4.31 Å². The Labute approximate surface area is 225 Å².